The zero-order valence-corrected chi connectivity index (χ0v) is 33.1. The van der Waals surface area contributed by atoms with Gasteiger partial charge in [-0.25, -0.2) is 15.0 Å². The quantitative estimate of drug-likeness (QED) is 0.174. The molecule has 0 saturated heterocycles. The molecule has 10 aromatic rings. The number of fused-ring (bicyclic) bond motifs is 10. The van der Waals surface area contributed by atoms with Gasteiger partial charge in [-0.2, -0.15) is 0 Å². The van der Waals surface area contributed by atoms with Crippen LogP contribution in [0.15, 0.2) is 216 Å². The van der Waals surface area contributed by atoms with Crippen molar-refractivity contribution in [1.82, 2.24) is 19.9 Å². The van der Waals surface area contributed by atoms with Gasteiger partial charge in [-0.05, 0) is 80.4 Å². The molecule has 0 atom stereocenters. The molecule has 4 nitrogen and oxygen atoms in total. The topological polar surface area (TPSA) is 51.6 Å². The van der Waals surface area contributed by atoms with Crippen molar-refractivity contribution in [2.24, 2.45) is 0 Å². The van der Waals surface area contributed by atoms with Crippen LogP contribution in [0, 0.1) is 0 Å². The summed E-state index contributed by atoms with van der Waals surface area (Å²) in [6, 6.07) is 71.4. The maximum Gasteiger partial charge on any atom is 0.164 e. The van der Waals surface area contributed by atoms with Gasteiger partial charge in [0.15, 0.2) is 17.5 Å². The molecule has 2 aliphatic rings. The number of pyridine rings is 1. The molecule has 0 amide bonds. The van der Waals surface area contributed by atoms with Gasteiger partial charge in [0.05, 0.1) is 10.9 Å². The highest BCUT2D eigenvalue weighted by molar-refractivity contribution is 7.99. The predicted octanol–water partition coefficient (Wildman–Crippen LogP) is 13.6. The van der Waals surface area contributed by atoms with Crippen LogP contribution in [0.25, 0.3) is 78.4 Å². The van der Waals surface area contributed by atoms with Gasteiger partial charge in [0.25, 0.3) is 0 Å². The Balaban J connectivity index is 1.11. The fourth-order valence-corrected chi connectivity index (χ4v) is 10.6. The lowest BCUT2D eigenvalue weighted by atomic mass is 9.67. The van der Waals surface area contributed by atoms with E-state index >= 15 is 0 Å². The standard InChI is InChI=1S/C55H34N4S/c1-4-15-35(16-5-1)40-30-31-41(51-44(40)21-14-32-56-51)38-26-28-42-43-29-27-39(54-58-52(36-17-6-2-7-18-36)57-53(59-54)37-19-8-3-9-20-37)34-48(43)55(47(42)33-38)45-22-10-12-24-49(45)60-50-25-13-11-23-46(50)55/h1-34H. The van der Waals surface area contributed by atoms with Gasteiger partial charge in [0.2, 0.25) is 0 Å². The first kappa shape index (κ1) is 34.6. The third kappa shape index (κ3) is 5.33. The van der Waals surface area contributed by atoms with Crippen molar-refractivity contribution in [3.05, 3.63) is 229 Å². The van der Waals surface area contributed by atoms with Crippen LogP contribution in [0.5, 0.6) is 0 Å². The molecule has 0 unspecified atom stereocenters. The molecule has 1 aliphatic heterocycles. The van der Waals surface area contributed by atoms with Crippen molar-refractivity contribution < 1.29 is 0 Å². The predicted molar refractivity (Wildman–Crippen MR) is 244 cm³/mol. The lowest BCUT2D eigenvalue weighted by molar-refractivity contribution is 0.722. The summed E-state index contributed by atoms with van der Waals surface area (Å²) in [4.78, 5) is 22.9. The second kappa shape index (κ2) is 13.8. The van der Waals surface area contributed by atoms with E-state index in [-0.39, 0.29) is 0 Å². The average molecular weight is 783 g/mol. The molecular weight excluding hydrogens is 749 g/mol. The second-order valence-electron chi connectivity index (χ2n) is 15.3. The summed E-state index contributed by atoms with van der Waals surface area (Å²) >= 11 is 1.85. The first-order chi connectivity index (χ1) is 29.7. The lowest BCUT2D eigenvalue weighted by Crippen LogP contribution is -2.32. The Morgan fingerprint density at radius 1 is 0.333 bits per heavy atom. The van der Waals surface area contributed by atoms with Crippen LogP contribution in [0.3, 0.4) is 0 Å². The van der Waals surface area contributed by atoms with Gasteiger partial charge in [0, 0.05) is 43.6 Å². The fraction of sp³-hybridized carbons (Fsp3) is 0.0182. The fourth-order valence-electron chi connectivity index (χ4n) is 9.42. The molecule has 0 saturated carbocycles. The summed E-state index contributed by atoms with van der Waals surface area (Å²) in [7, 11) is 0. The van der Waals surface area contributed by atoms with Crippen LogP contribution in [0.2, 0.25) is 0 Å². The largest absolute Gasteiger partial charge is 0.256 e. The van der Waals surface area contributed by atoms with Gasteiger partial charge >= 0.3 is 0 Å². The zero-order chi connectivity index (χ0) is 39.6. The molecule has 3 heterocycles. The maximum absolute atomic E-state index is 5.17. The Kier molecular flexibility index (Phi) is 7.97. The van der Waals surface area contributed by atoms with Crippen molar-refractivity contribution in [3.63, 3.8) is 0 Å². The molecule has 60 heavy (non-hydrogen) atoms. The van der Waals surface area contributed by atoms with Crippen LogP contribution >= 0.6 is 11.8 Å². The zero-order valence-electron chi connectivity index (χ0n) is 32.3. The SMILES string of the molecule is c1ccc(-c2nc(-c3ccccc3)nc(-c3ccc4c(c3)C3(c5ccccc5Sc5ccccc53)c3cc(-c5ccc(-c6ccccc6)c6cccnc56)ccc3-4)n2)cc1. The number of nitrogens with zero attached hydrogens (tertiary/aromatic N) is 4. The van der Waals surface area contributed by atoms with Crippen molar-refractivity contribution in [2.75, 3.05) is 0 Å². The number of rotatable bonds is 5. The van der Waals surface area contributed by atoms with E-state index in [2.05, 4.69) is 158 Å². The van der Waals surface area contributed by atoms with Crippen LogP contribution in [-0.4, -0.2) is 19.9 Å². The van der Waals surface area contributed by atoms with Crippen LogP contribution in [0.1, 0.15) is 22.3 Å². The number of hydrogen-bond donors (Lipinski definition) is 0. The highest BCUT2D eigenvalue weighted by Crippen LogP contribution is 2.63. The first-order valence-corrected chi connectivity index (χ1v) is 21.0. The minimum absolute atomic E-state index is 0.611. The first-order valence-electron chi connectivity index (χ1n) is 20.2. The van der Waals surface area contributed by atoms with Crippen molar-refractivity contribution in [1.29, 1.82) is 0 Å². The summed E-state index contributed by atoms with van der Waals surface area (Å²) in [6.07, 6.45) is 1.91. The van der Waals surface area contributed by atoms with E-state index in [4.69, 9.17) is 19.9 Å². The van der Waals surface area contributed by atoms with Crippen molar-refractivity contribution in [3.8, 4) is 67.5 Å². The lowest BCUT2D eigenvalue weighted by Gasteiger charge is -2.39. The average Bonchev–Trinajstić information content (AvgIpc) is 3.61. The molecule has 280 valence electrons. The van der Waals surface area contributed by atoms with E-state index < -0.39 is 5.41 Å². The van der Waals surface area contributed by atoms with Gasteiger partial charge in [0.1, 0.15) is 0 Å². The van der Waals surface area contributed by atoms with Crippen molar-refractivity contribution >= 4 is 22.7 Å². The minimum Gasteiger partial charge on any atom is -0.256 e. The molecule has 1 spiro atoms. The number of hydrogen-bond acceptors (Lipinski definition) is 5. The van der Waals surface area contributed by atoms with Gasteiger partial charge in [-0.3, -0.25) is 4.98 Å². The third-order valence-electron chi connectivity index (χ3n) is 12.1. The third-order valence-corrected chi connectivity index (χ3v) is 13.2. The van der Waals surface area contributed by atoms with E-state index in [9.17, 15) is 0 Å². The molecule has 0 N–H and O–H groups in total. The molecule has 0 bridgehead atoms. The summed E-state index contributed by atoms with van der Waals surface area (Å²) in [5.74, 6) is 1.93. The van der Waals surface area contributed by atoms with Gasteiger partial charge in [-0.1, -0.05) is 182 Å². The Morgan fingerprint density at radius 3 is 1.40 bits per heavy atom. The Morgan fingerprint density at radius 2 is 0.800 bits per heavy atom. The van der Waals surface area contributed by atoms with E-state index in [1.807, 2.05) is 60.4 Å². The molecule has 12 rings (SSSR count). The highest BCUT2D eigenvalue weighted by atomic mass is 32.2. The Labute approximate surface area is 352 Å². The summed E-state index contributed by atoms with van der Waals surface area (Å²) < 4.78 is 0. The van der Waals surface area contributed by atoms with Crippen LogP contribution in [-0.2, 0) is 5.41 Å². The number of benzene rings is 8. The molecule has 5 heteroatoms. The summed E-state index contributed by atoms with van der Waals surface area (Å²) in [5.41, 5.74) is 15.3. The smallest absolute Gasteiger partial charge is 0.164 e. The summed E-state index contributed by atoms with van der Waals surface area (Å²) in [5, 5.41) is 1.14. The van der Waals surface area contributed by atoms with E-state index in [1.165, 1.54) is 54.3 Å². The van der Waals surface area contributed by atoms with E-state index in [0.717, 1.165) is 38.7 Å². The highest BCUT2D eigenvalue weighted by Gasteiger charge is 2.50. The van der Waals surface area contributed by atoms with Gasteiger partial charge < -0.3 is 0 Å². The van der Waals surface area contributed by atoms with Gasteiger partial charge in [-0.15, -0.1) is 0 Å². The Bertz CT molecular complexity index is 3190. The normalized spacial score (nSPS) is 13.1. The molecule has 8 aromatic carbocycles. The Hall–Kier alpha value is -7.47. The second-order valence-corrected chi connectivity index (χ2v) is 16.4. The molecule has 2 aromatic heterocycles. The number of aromatic nitrogens is 4. The molecule has 0 fully saturated rings. The van der Waals surface area contributed by atoms with E-state index in [0.29, 0.717) is 17.5 Å². The monoisotopic (exact) mass is 782 g/mol. The minimum atomic E-state index is -0.611. The maximum atomic E-state index is 5.17. The molecule has 1 aliphatic carbocycles. The van der Waals surface area contributed by atoms with E-state index in [1.54, 1.807) is 0 Å². The molecule has 0 radical (unpaired) electrons. The molecular formula is C55H34N4S. The van der Waals surface area contributed by atoms with Crippen LogP contribution < -0.4 is 0 Å². The van der Waals surface area contributed by atoms with Crippen LogP contribution in [0.4, 0.5) is 0 Å². The summed E-state index contributed by atoms with van der Waals surface area (Å²) in [6.45, 7) is 0. The van der Waals surface area contributed by atoms with Crippen molar-refractivity contribution in [2.45, 2.75) is 15.2 Å².